The molecule has 13 heavy (non-hydrogen) atoms. The third-order valence-corrected chi connectivity index (χ3v) is 1.50. The summed E-state index contributed by atoms with van der Waals surface area (Å²) >= 11 is 0. The lowest BCUT2D eigenvalue weighted by Crippen LogP contribution is -2.00. The molecule has 3 heteroatoms. The van der Waals surface area contributed by atoms with Crippen LogP contribution in [0.25, 0.3) is 0 Å². The summed E-state index contributed by atoms with van der Waals surface area (Å²) in [7, 11) is 0. The van der Waals surface area contributed by atoms with Gasteiger partial charge in [-0.05, 0) is 18.1 Å². The van der Waals surface area contributed by atoms with E-state index in [1.165, 1.54) is 12.1 Å². The molecular weight excluding hydrogens is 169 g/mol. The van der Waals surface area contributed by atoms with Crippen molar-refractivity contribution < 1.29 is 9.18 Å². The van der Waals surface area contributed by atoms with Crippen LogP contribution in [0, 0.1) is 29.5 Å². The van der Waals surface area contributed by atoms with Crippen LogP contribution in [-0.4, -0.2) is 5.78 Å². The first-order valence-electron chi connectivity index (χ1n) is 3.40. The summed E-state index contributed by atoms with van der Waals surface area (Å²) in [6.45, 7) is 0. The van der Waals surface area contributed by atoms with Gasteiger partial charge in [-0.25, -0.2) is 4.39 Å². The highest BCUT2D eigenvalue weighted by molar-refractivity contribution is 6.10. The maximum absolute atomic E-state index is 12.9. The summed E-state index contributed by atoms with van der Waals surface area (Å²) in [5.41, 5.74) is -0.365. The Morgan fingerprint density at radius 1 is 1.54 bits per heavy atom. The zero-order valence-electron chi connectivity index (χ0n) is 6.54. The standard InChI is InChI=1S/C10H4FNO/c1-2-10(13)7-4-3-5-9(11)8(7)6-12/h1,3-5H. The minimum Gasteiger partial charge on any atom is -0.279 e. The van der Waals surface area contributed by atoms with Gasteiger partial charge in [0, 0.05) is 0 Å². The first kappa shape index (κ1) is 8.96. The van der Waals surface area contributed by atoms with Crippen LogP contribution in [0.4, 0.5) is 4.39 Å². The molecule has 62 valence electrons. The van der Waals surface area contributed by atoms with Crippen LogP contribution in [0.2, 0.25) is 0 Å². The molecule has 0 aliphatic heterocycles. The second kappa shape index (κ2) is 3.51. The average molecular weight is 173 g/mol. The second-order valence-corrected chi connectivity index (χ2v) is 2.25. The van der Waals surface area contributed by atoms with E-state index in [-0.39, 0.29) is 11.1 Å². The molecule has 0 fully saturated rings. The first-order valence-corrected chi connectivity index (χ1v) is 3.40. The molecule has 0 aliphatic carbocycles. The monoisotopic (exact) mass is 173 g/mol. The second-order valence-electron chi connectivity index (χ2n) is 2.25. The Morgan fingerprint density at radius 3 is 2.77 bits per heavy atom. The predicted octanol–water partition coefficient (Wildman–Crippen LogP) is 1.51. The lowest BCUT2D eigenvalue weighted by molar-refractivity contribution is 0.105. The normalized spacial score (nSPS) is 8.54. The van der Waals surface area contributed by atoms with Crippen molar-refractivity contribution >= 4 is 5.78 Å². The summed E-state index contributed by atoms with van der Waals surface area (Å²) in [6, 6.07) is 5.35. The largest absolute Gasteiger partial charge is 0.279 e. The molecule has 0 saturated carbocycles. The van der Waals surface area contributed by atoms with Crippen molar-refractivity contribution in [1.82, 2.24) is 0 Å². The lowest BCUT2D eigenvalue weighted by atomic mass is 10.0. The number of halogens is 1. The van der Waals surface area contributed by atoms with E-state index >= 15 is 0 Å². The Balaban J connectivity index is 3.41. The summed E-state index contributed by atoms with van der Waals surface area (Å²) < 4.78 is 12.9. The van der Waals surface area contributed by atoms with Gasteiger partial charge in [-0.15, -0.1) is 6.42 Å². The highest BCUT2D eigenvalue weighted by Crippen LogP contribution is 2.12. The number of hydrogen-bond acceptors (Lipinski definition) is 2. The summed E-state index contributed by atoms with van der Waals surface area (Å²) in [4.78, 5) is 11.0. The number of nitriles is 1. The Morgan fingerprint density at radius 2 is 2.23 bits per heavy atom. The third-order valence-electron chi connectivity index (χ3n) is 1.50. The predicted molar refractivity (Wildman–Crippen MR) is 44.3 cm³/mol. The van der Waals surface area contributed by atoms with Crippen LogP contribution < -0.4 is 0 Å². The van der Waals surface area contributed by atoms with Gasteiger partial charge in [0.05, 0.1) is 11.1 Å². The number of rotatable bonds is 1. The molecule has 1 aromatic carbocycles. The quantitative estimate of drug-likeness (QED) is 0.367. The number of carbonyl (C=O) groups is 1. The zero-order valence-corrected chi connectivity index (χ0v) is 6.54. The molecule has 0 radical (unpaired) electrons. The molecular formula is C10H4FNO. The minimum atomic E-state index is -0.733. The Kier molecular flexibility index (Phi) is 2.42. The third kappa shape index (κ3) is 1.55. The van der Waals surface area contributed by atoms with Gasteiger partial charge < -0.3 is 0 Å². The van der Waals surface area contributed by atoms with Gasteiger partial charge >= 0.3 is 0 Å². The fourth-order valence-electron chi connectivity index (χ4n) is 0.905. The summed E-state index contributed by atoms with van der Waals surface area (Å²) in [6.07, 6.45) is 4.85. The molecule has 1 aromatic rings. The van der Waals surface area contributed by atoms with Crippen LogP contribution in [0.1, 0.15) is 15.9 Å². The van der Waals surface area contributed by atoms with Gasteiger partial charge in [-0.1, -0.05) is 6.07 Å². The van der Waals surface area contributed by atoms with E-state index in [1.54, 1.807) is 6.07 Å². The van der Waals surface area contributed by atoms with Crippen LogP contribution in [0.3, 0.4) is 0 Å². The molecule has 1 rings (SSSR count). The van der Waals surface area contributed by atoms with Crippen LogP contribution in [-0.2, 0) is 0 Å². The van der Waals surface area contributed by atoms with Crippen LogP contribution in [0.15, 0.2) is 18.2 Å². The van der Waals surface area contributed by atoms with Crippen molar-refractivity contribution in [3.8, 4) is 18.4 Å². The van der Waals surface area contributed by atoms with Gasteiger partial charge in [0.15, 0.2) is 0 Å². The van der Waals surface area contributed by atoms with Gasteiger partial charge in [-0.2, -0.15) is 5.26 Å². The molecule has 0 unspecified atom stereocenters. The number of carbonyl (C=O) groups excluding carboxylic acids is 1. The van der Waals surface area contributed by atoms with E-state index in [4.69, 9.17) is 11.7 Å². The number of benzene rings is 1. The highest BCUT2D eigenvalue weighted by atomic mass is 19.1. The fraction of sp³-hybridized carbons (Fsp3) is 0. The highest BCUT2D eigenvalue weighted by Gasteiger charge is 2.12. The van der Waals surface area contributed by atoms with Crippen molar-refractivity contribution in [3.63, 3.8) is 0 Å². The topological polar surface area (TPSA) is 40.9 Å². The first-order chi connectivity index (χ1) is 6.20. The van der Waals surface area contributed by atoms with E-state index in [0.717, 1.165) is 6.07 Å². The SMILES string of the molecule is C#CC(=O)c1cccc(F)c1C#N. The molecule has 0 bridgehead atoms. The Bertz CT molecular complexity index is 437. The Hall–Kier alpha value is -2.13. The Labute approximate surface area is 74.6 Å². The smallest absolute Gasteiger partial charge is 0.237 e. The van der Waals surface area contributed by atoms with E-state index in [2.05, 4.69) is 0 Å². The maximum Gasteiger partial charge on any atom is 0.237 e. The van der Waals surface area contributed by atoms with Crippen LogP contribution in [0.5, 0.6) is 0 Å². The molecule has 0 spiro atoms. The number of nitrogens with zero attached hydrogens (tertiary/aromatic N) is 1. The molecule has 0 aromatic heterocycles. The average Bonchev–Trinajstić information content (AvgIpc) is 2.16. The van der Waals surface area contributed by atoms with Crippen molar-refractivity contribution in [3.05, 3.63) is 35.1 Å². The van der Waals surface area contributed by atoms with E-state index in [1.807, 2.05) is 5.92 Å². The number of terminal acetylenes is 1. The van der Waals surface area contributed by atoms with Crippen molar-refractivity contribution in [1.29, 1.82) is 5.26 Å². The molecule has 0 atom stereocenters. The lowest BCUT2D eigenvalue weighted by Gasteiger charge is -1.97. The number of ketones is 1. The van der Waals surface area contributed by atoms with Crippen LogP contribution >= 0.6 is 0 Å². The molecule has 0 heterocycles. The number of Topliss-reactive ketones (excluding diaryl/α,β-unsaturated/α-hetero) is 1. The summed E-state index contributed by atoms with van der Waals surface area (Å²) in [5, 5.41) is 8.53. The van der Waals surface area contributed by atoms with Gasteiger partial charge in [0.2, 0.25) is 5.78 Å². The van der Waals surface area contributed by atoms with Crippen molar-refractivity contribution in [2.45, 2.75) is 0 Å². The molecule has 0 amide bonds. The number of hydrogen-bond donors (Lipinski definition) is 0. The molecule has 0 saturated heterocycles. The van der Waals surface area contributed by atoms with Gasteiger partial charge in [0.1, 0.15) is 11.9 Å². The summed E-state index contributed by atoms with van der Waals surface area (Å²) in [5.74, 6) is 0.409. The zero-order chi connectivity index (χ0) is 9.84. The fourth-order valence-corrected chi connectivity index (χ4v) is 0.905. The van der Waals surface area contributed by atoms with E-state index < -0.39 is 11.6 Å². The van der Waals surface area contributed by atoms with Crippen molar-refractivity contribution in [2.75, 3.05) is 0 Å². The van der Waals surface area contributed by atoms with Gasteiger partial charge in [-0.3, -0.25) is 4.79 Å². The van der Waals surface area contributed by atoms with Gasteiger partial charge in [0.25, 0.3) is 0 Å². The minimum absolute atomic E-state index is 0.0648. The molecule has 0 N–H and O–H groups in total. The maximum atomic E-state index is 12.9. The molecule has 0 aliphatic rings. The van der Waals surface area contributed by atoms with E-state index in [9.17, 15) is 9.18 Å². The van der Waals surface area contributed by atoms with E-state index in [0.29, 0.717) is 0 Å². The molecule has 2 nitrogen and oxygen atoms in total. The van der Waals surface area contributed by atoms with Crippen molar-refractivity contribution in [2.24, 2.45) is 0 Å².